The zero-order valence-corrected chi connectivity index (χ0v) is 12.7. The molecule has 0 atom stereocenters. The number of piperidine rings is 1. The van der Waals surface area contributed by atoms with E-state index in [1.807, 2.05) is 13.8 Å². The van der Waals surface area contributed by atoms with E-state index in [0.29, 0.717) is 0 Å². The fraction of sp³-hybridized carbons (Fsp3) is 1.00. The third kappa shape index (κ3) is 7.31. The van der Waals surface area contributed by atoms with Gasteiger partial charge in [0.05, 0.1) is 13.2 Å². The Morgan fingerprint density at radius 1 is 1.06 bits per heavy atom. The fourth-order valence-electron chi connectivity index (χ4n) is 2.30. The molecule has 0 aromatic carbocycles. The molecular formula is C14H32N2O2. The Balaban J connectivity index is 0.000000509. The van der Waals surface area contributed by atoms with Crippen molar-refractivity contribution in [3.63, 3.8) is 0 Å². The van der Waals surface area contributed by atoms with Crippen LogP contribution in [0.1, 0.15) is 33.6 Å². The van der Waals surface area contributed by atoms with Gasteiger partial charge in [-0.15, -0.1) is 0 Å². The lowest BCUT2D eigenvalue weighted by Gasteiger charge is -2.39. The van der Waals surface area contributed by atoms with Crippen LogP contribution in [0, 0.1) is 0 Å². The summed E-state index contributed by atoms with van der Waals surface area (Å²) in [6.45, 7) is 12.6. The number of likely N-dealkylation sites (tertiary alicyclic amines) is 1. The van der Waals surface area contributed by atoms with E-state index < -0.39 is 0 Å². The van der Waals surface area contributed by atoms with Gasteiger partial charge in [-0.1, -0.05) is 13.8 Å². The van der Waals surface area contributed by atoms with E-state index >= 15 is 0 Å². The third-order valence-corrected chi connectivity index (χ3v) is 3.25. The van der Waals surface area contributed by atoms with Crippen molar-refractivity contribution < 1.29 is 9.84 Å². The monoisotopic (exact) mass is 260 g/mol. The number of hydrogen-bond acceptors (Lipinski definition) is 4. The molecule has 0 bridgehead atoms. The molecule has 2 heterocycles. The third-order valence-electron chi connectivity index (χ3n) is 3.25. The summed E-state index contributed by atoms with van der Waals surface area (Å²) in [5.41, 5.74) is 0. The molecular weight excluding hydrogens is 228 g/mol. The number of aliphatic hydroxyl groups excluding tert-OH is 1. The van der Waals surface area contributed by atoms with Gasteiger partial charge in [0.1, 0.15) is 0 Å². The number of nitrogens with zero attached hydrogens (tertiary/aromatic N) is 2. The second-order valence-electron chi connectivity index (χ2n) is 4.50. The zero-order chi connectivity index (χ0) is 13.8. The normalized spacial score (nSPS) is 22.5. The number of hydrogen-bond donors (Lipinski definition) is 1. The van der Waals surface area contributed by atoms with Gasteiger partial charge in [0.2, 0.25) is 0 Å². The van der Waals surface area contributed by atoms with Gasteiger partial charge in [0.15, 0.2) is 0 Å². The molecule has 0 amide bonds. The lowest BCUT2D eigenvalue weighted by Crippen LogP contribution is -2.48. The molecule has 0 aromatic rings. The lowest BCUT2D eigenvalue weighted by molar-refractivity contribution is 0.00290. The largest absolute Gasteiger partial charge is 0.397 e. The minimum atomic E-state index is 0.250. The Labute approximate surface area is 113 Å². The molecule has 2 rings (SSSR count). The highest BCUT2D eigenvalue weighted by Gasteiger charge is 2.23. The average Bonchev–Trinajstić information content (AvgIpc) is 2.44. The molecule has 0 radical (unpaired) electrons. The predicted octanol–water partition coefficient (Wildman–Crippen LogP) is 1.44. The van der Waals surface area contributed by atoms with Crippen LogP contribution in [0.25, 0.3) is 0 Å². The first-order valence-corrected chi connectivity index (χ1v) is 7.39. The van der Waals surface area contributed by atoms with Crippen LogP contribution in [0.3, 0.4) is 0 Å². The van der Waals surface area contributed by atoms with Crippen molar-refractivity contribution in [1.29, 1.82) is 0 Å². The Morgan fingerprint density at radius 2 is 1.50 bits per heavy atom. The quantitative estimate of drug-likeness (QED) is 0.774. The van der Waals surface area contributed by atoms with E-state index in [2.05, 4.69) is 16.8 Å². The van der Waals surface area contributed by atoms with Gasteiger partial charge >= 0.3 is 0 Å². The highest BCUT2D eigenvalue weighted by atomic mass is 16.5. The van der Waals surface area contributed by atoms with Crippen molar-refractivity contribution >= 4 is 0 Å². The van der Waals surface area contributed by atoms with Gasteiger partial charge in [-0.2, -0.15) is 0 Å². The number of aliphatic hydroxyl groups is 1. The molecule has 0 aliphatic carbocycles. The fourth-order valence-corrected chi connectivity index (χ4v) is 2.30. The Bertz CT molecular complexity index is 165. The summed E-state index contributed by atoms with van der Waals surface area (Å²) < 4.78 is 5.36. The van der Waals surface area contributed by atoms with Crippen LogP contribution >= 0.6 is 0 Å². The van der Waals surface area contributed by atoms with Crippen molar-refractivity contribution in [2.75, 3.05) is 53.0 Å². The molecule has 18 heavy (non-hydrogen) atoms. The molecule has 1 N–H and O–H groups in total. The minimum absolute atomic E-state index is 0.250. The minimum Gasteiger partial charge on any atom is -0.397 e. The number of rotatable bonds is 1. The van der Waals surface area contributed by atoms with Crippen LogP contribution in [-0.2, 0) is 4.74 Å². The van der Waals surface area contributed by atoms with E-state index in [1.54, 1.807) is 6.92 Å². The van der Waals surface area contributed by atoms with Crippen molar-refractivity contribution in [1.82, 2.24) is 9.80 Å². The van der Waals surface area contributed by atoms with Crippen LogP contribution in [-0.4, -0.2) is 74.0 Å². The van der Waals surface area contributed by atoms with Crippen molar-refractivity contribution in [2.45, 2.75) is 39.7 Å². The average molecular weight is 260 g/mol. The maximum Gasteiger partial charge on any atom is 0.0594 e. The topological polar surface area (TPSA) is 35.9 Å². The molecule has 2 aliphatic rings. The summed E-state index contributed by atoms with van der Waals surface area (Å²) in [6, 6.07) is 0.833. The van der Waals surface area contributed by atoms with Crippen LogP contribution in [0.2, 0.25) is 0 Å². The molecule has 0 spiro atoms. The molecule has 4 heteroatoms. The van der Waals surface area contributed by atoms with Crippen LogP contribution in [0.15, 0.2) is 0 Å². The van der Waals surface area contributed by atoms with Gasteiger partial charge in [-0.3, -0.25) is 4.90 Å². The number of morpholine rings is 1. The van der Waals surface area contributed by atoms with Gasteiger partial charge < -0.3 is 14.7 Å². The standard InChI is InChI=1S/C10H20N2O.C2H6O.C2H6/c1-11-4-2-10(3-5-11)12-6-8-13-9-7-12;1-2-3;1-2/h10H,2-9H2,1H3;3H,2H2,1H3;1-2H3. The molecule has 110 valence electrons. The molecule has 2 aliphatic heterocycles. The summed E-state index contributed by atoms with van der Waals surface area (Å²) in [5.74, 6) is 0. The van der Waals surface area contributed by atoms with Crippen molar-refractivity contribution in [2.24, 2.45) is 0 Å². The smallest absolute Gasteiger partial charge is 0.0594 e. The molecule has 2 saturated heterocycles. The Hall–Kier alpha value is -0.160. The van der Waals surface area contributed by atoms with E-state index in [1.165, 1.54) is 25.9 Å². The molecule has 2 fully saturated rings. The molecule has 0 unspecified atom stereocenters. The highest BCUT2D eigenvalue weighted by molar-refractivity contribution is 4.79. The highest BCUT2D eigenvalue weighted by Crippen LogP contribution is 2.16. The van der Waals surface area contributed by atoms with E-state index in [0.717, 1.165) is 32.3 Å². The molecule has 0 saturated carbocycles. The van der Waals surface area contributed by atoms with Gasteiger partial charge in [-0.25, -0.2) is 0 Å². The first kappa shape index (κ1) is 17.8. The summed E-state index contributed by atoms with van der Waals surface area (Å²) in [5, 5.41) is 7.57. The summed E-state index contributed by atoms with van der Waals surface area (Å²) in [4.78, 5) is 5.04. The van der Waals surface area contributed by atoms with E-state index in [-0.39, 0.29) is 6.61 Å². The Morgan fingerprint density at radius 3 is 1.94 bits per heavy atom. The second kappa shape index (κ2) is 11.9. The second-order valence-corrected chi connectivity index (χ2v) is 4.50. The van der Waals surface area contributed by atoms with E-state index in [9.17, 15) is 0 Å². The zero-order valence-electron chi connectivity index (χ0n) is 12.7. The first-order valence-electron chi connectivity index (χ1n) is 7.39. The van der Waals surface area contributed by atoms with Crippen molar-refractivity contribution in [3.8, 4) is 0 Å². The van der Waals surface area contributed by atoms with Gasteiger partial charge in [0.25, 0.3) is 0 Å². The number of ether oxygens (including phenoxy) is 1. The Kier molecular flexibility index (Phi) is 11.8. The van der Waals surface area contributed by atoms with Gasteiger partial charge in [0, 0.05) is 25.7 Å². The van der Waals surface area contributed by atoms with E-state index in [4.69, 9.17) is 9.84 Å². The molecule has 4 nitrogen and oxygen atoms in total. The summed E-state index contributed by atoms with van der Waals surface area (Å²) in [6.07, 6.45) is 2.69. The summed E-state index contributed by atoms with van der Waals surface area (Å²) >= 11 is 0. The maximum absolute atomic E-state index is 7.57. The maximum atomic E-state index is 7.57. The van der Waals surface area contributed by atoms with Crippen LogP contribution < -0.4 is 0 Å². The SMILES string of the molecule is CC.CCO.CN1CCC(N2CCOCC2)CC1. The first-order chi connectivity index (χ1) is 8.77. The predicted molar refractivity (Wildman–Crippen MR) is 77.0 cm³/mol. The van der Waals surface area contributed by atoms with Crippen LogP contribution in [0.4, 0.5) is 0 Å². The summed E-state index contributed by atoms with van der Waals surface area (Å²) in [7, 11) is 2.22. The lowest BCUT2D eigenvalue weighted by atomic mass is 10.0. The van der Waals surface area contributed by atoms with Gasteiger partial charge in [-0.05, 0) is 39.9 Å². The molecule has 0 aromatic heterocycles. The van der Waals surface area contributed by atoms with Crippen molar-refractivity contribution in [3.05, 3.63) is 0 Å². The van der Waals surface area contributed by atoms with Crippen LogP contribution in [0.5, 0.6) is 0 Å².